The molecule has 204 valence electrons. The van der Waals surface area contributed by atoms with Crippen LogP contribution in [0.15, 0.2) is 42.7 Å². The number of hydrogen-bond acceptors (Lipinski definition) is 4. The van der Waals surface area contributed by atoms with Crippen LogP contribution in [0.5, 0.6) is 0 Å². The Hall–Kier alpha value is -2.48. The van der Waals surface area contributed by atoms with E-state index in [1.54, 1.807) is 13.1 Å². The van der Waals surface area contributed by atoms with E-state index in [0.29, 0.717) is 35.3 Å². The Morgan fingerprint density at radius 1 is 1.16 bits per heavy atom. The molecule has 0 saturated heterocycles. The number of fused-ring (bicyclic) bond motifs is 5. The summed E-state index contributed by atoms with van der Waals surface area (Å²) in [5.41, 5.74) is 3.84. The van der Waals surface area contributed by atoms with Crippen molar-refractivity contribution < 1.29 is 26.4 Å². The zero-order valence-corrected chi connectivity index (χ0v) is 22.7. The van der Waals surface area contributed by atoms with Gasteiger partial charge in [0.25, 0.3) is 0 Å². The average Bonchev–Trinajstić information content (AvgIpc) is 3.25. The van der Waals surface area contributed by atoms with Gasteiger partial charge in [0.2, 0.25) is 0 Å². The van der Waals surface area contributed by atoms with Crippen molar-refractivity contribution in [3.05, 3.63) is 70.6 Å². The normalized spacial score (nSPS) is 26.8. The summed E-state index contributed by atoms with van der Waals surface area (Å²) in [5, 5.41) is 0. The van der Waals surface area contributed by atoms with E-state index in [1.165, 1.54) is 17.2 Å². The lowest BCUT2D eigenvalue weighted by molar-refractivity contribution is -0.137. The first kappa shape index (κ1) is 27.1. The van der Waals surface area contributed by atoms with Crippen molar-refractivity contribution in [3.63, 3.8) is 0 Å². The van der Waals surface area contributed by atoms with Crippen LogP contribution in [0.2, 0.25) is 0 Å². The summed E-state index contributed by atoms with van der Waals surface area (Å²) >= 11 is 0. The van der Waals surface area contributed by atoms with E-state index >= 15 is 0 Å². The van der Waals surface area contributed by atoms with Gasteiger partial charge < -0.3 is 0 Å². The first-order chi connectivity index (χ1) is 17.9. The predicted molar refractivity (Wildman–Crippen MR) is 142 cm³/mol. The molecule has 0 bridgehead atoms. The number of sulfone groups is 1. The van der Waals surface area contributed by atoms with Gasteiger partial charge in [-0.3, -0.25) is 9.78 Å². The molecule has 38 heavy (non-hydrogen) atoms. The van der Waals surface area contributed by atoms with Crippen LogP contribution in [0, 0.1) is 17.3 Å². The zero-order valence-electron chi connectivity index (χ0n) is 21.9. The molecule has 5 rings (SSSR count). The van der Waals surface area contributed by atoms with Crippen molar-refractivity contribution in [1.82, 2.24) is 4.98 Å². The topological polar surface area (TPSA) is 64.1 Å². The van der Waals surface area contributed by atoms with E-state index in [-0.39, 0.29) is 29.1 Å². The molecule has 2 aromatic rings. The minimum Gasteiger partial charge on any atom is -0.294 e. The van der Waals surface area contributed by atoms with Crippen molar-refractivity contribution in [2.45, 2.75) is 70.9 Å². The standard InChI is InChI=1S/C30H34F3NO3S/c1-3-38(36,37)14-4-5-28(35)20-7-8-23-19(15-20)6-9-25-24(23)12-13-29(2)26(10-11-27(25)29)21-16-22(18-34-17-21)30(31,32)33/h7-8,10,15-18,24-25,27H,3-6,9,11-14H2,1-2H3/t24-,25-,27+,29-/m1/s1. The number of aryl methyl sites for hydroxylation is 1. The maximum atomic E-state index is 13.3. The number of hydrogen-bond donors (Lipinski definition) is 0. The summed E-state index contributed by atoms with van der Waals surface area (Å²) in [6.07, 6.45) is 5.31. The number of nitrogens with zero attached hydrogens (tertiary/aromatic N) is 1. The number of halogens is 3. The number of alkyl halides is 3. The lowest BCUT2D eigenvalue weighted by Gasteiger charge is -2.50. The summed E-state index contributed by atoms with van der Waals surface area (Å²) in [6, 6.07) is 7.22. The fraction of sp³-hybridized carbons (Fsp3) is 0.533. The van der Waals surface area contributed by atoms with Crippen LogP contribution < -0.4 is 0 Å². The Morgan fingerprint density at radius 2 is 1.95 bits per heavy atom. The maximum Gasteiger partial charge on any atom is 0.417 e. The molecular formula is C30H34F3NO3S. The van der Waals surface area contributed by atoms with Crippen LogP contribution in [0.4, 0.5) is 13.2 Å². The smallest absolute Gasteiger partial charge is 0.294 e. The molecule has 1 saturated carbocycles. The quantitative estimate of drug-likeness (QED) is 0.350. The highest BCUT2D eigenvalue weighted by Crippen LogP contribution is 2.63. The van der Waals surface area contributed by atoms with Gasteiger partial charge in [-0.25, -0.2) is 8.42 Å². The fourth-order valence-corrected chi connectivity index (χ4v) is 8.13. The Morgan fingerprint density at radius 3 is 2.68 bits per heavy atom. The van der Waals surface area contributed by atoms with Crippen LogP contribution in [0.25, 0.3) is 5.57 Å². The van der Waals surface area contributed by atoms with Crippen molar-refractivity contribution in [3.8, 4) is 0 Å². The Labute approximate surface area is 222 Å². The van der Waals surface area contributed by atoms with Gasteiger partial charge in [-0.1, -0.05) is 32.1 Å². The van der Waals surface area contributed by atoms with Gasteiger partial charge in [0, 0.05) is 30.1 Å². The number of benzene rings is 1. The first-order valence-electron chi connectivity index (χ1n) is 13.5. The zero-order chi connectivity index (χ0) is 27.3. The summed E-state index contributed by atoms with van der Waals surface area (Å²) in [7, 11) is -3.08. The number of carbonyl (C=O) groups is 1. The number of rotatable bonds is 7. The largest absolute Gasteiger partial charge is 0.417 e. The SMILES string of the molecule is CCS(=O)(=O)CCCC(=O)c1ccc2c(c1)CC[C@@H]1[C@@H]2CC[C@]2(C)C(c3cncc(C(F)(F)F)c3)=CC[C@@H]12. The number of carbonyl (C=O) groups excluding carboxylic acids is 1. The second-order valence-electron chi connectivity index (χ2n) is 11.4. The summed E-state index contributed by atoms with van der Waals surface area (Å²) in [4.78, 5) is 16.7. The van der Waals surface area contributed by atoms with Crippen molar-refractivity contribution in [2.75, 3.05) is 11.5 Å². The van der Waals surface area contributed by atoms with E-state index < -0.39 is 21.6 Å². The number of Topliss-reactive ketones (excluding diaryl/α,β-unsaturated/α-hetero) is 1. The van der Waals surface area contributed by atoms with Crippen molar-refractivity contribution in [1.29, 1.82) is 0 Å². The monoisotopic (exact) mass is 545 g/mol. The summed E-state index contributed by atoms with van der Waals surface area (Å²) in [5.74, 6) is 1.29. The van der Waals surface area contributed by atoms with Crippen molar-refractivity contribution >= 4 is 21.2 Å². The lowest BCUT2D eigenvalue weighted by Crippen LogP contribution is -2.41. The molecule has 0 amide bonds. The molecule has 0 unspecified atom stereocenters. The second-order valence-corrected chi connectivity index (χ2v) is 13.8. The number of aromatic nitrogens is 1. The van der Waals surface area contributed by atoms with Gasteiger partial charge in [0.1, 0.15) is 9.84 Å². The van der Waals surface area contributed by atoms with Crippen molar-refractivity contribution in [2.24, 2.45) is 17.3 Å². The minimum absolute atomic E-state index is 0.0169. The average molecular weight is 546 g/mol. The Balaban J connectivity index is 1.32. The number of ketones is 1. The summed E-state index contributed by atoms with van der Waals surface area (Å²) < 4.78 is 63.5. The molecule has 3 aliphatic rings. The molecule has 1 aromatic heterocycles. The minimum atomic E-state index is -4.42. The van der Waals surface area contributed by atoms with E-state index in [0.717, 1.165) is 43.9 Å². The molecule has 1 heterocycles. The summed E-state index contributed by atoms with van der Waals surface area (Å²) in [6.45, 7) is 3.83. The highest BCUT2D eigenvalue weighted by molar-refractivity contribution is 7.91. The highest BCUT2D eigenvalue weighted by Gasteiger charge is 2.52. The van der Waals surface area contributed by atoms with E-state index in [1.807, 2.05) is 12.1 Å². The van der Waals surface area contributed by atoms with Gasteiger partial charge >= 0.3 is 6.18 Å². The van der Waals surface area contributed by atoms with Gasteiger partial charge in [0.15, 0.2) is 5.78 Å². The fourth-order valence-electron chi connectivity index (χ4n) is 7.25. The molecule has 4 atom stereocenters. The third kappa shape index (κ3) is 4.96. The van der Waals surface area contributed by atoms with Gasteiger partial charge in [-0.2, -0.15) is 13.2 Å². The molecule has 8 heteroatoms. The molecule has 0 aliphatic heterocycles. The van der Waals surface area contributed by atoms with Crippen LogP contribution in [-0.4, -0.2) is 30.7 Å². The van der Waals surface area contributed by atoms with E-state index in [9.17, 15) is 26.4 Å². The lowest BCUT2D eigenvalue weighted by atomic mass is 9.54. The first-order valence-corrected chi connectivity index (χ1v) is 15.3. The Kier molecular flexibility index (Phi) is 7.08. The van der Waals surface area contributed by atoms with Crippen LogP contribution in [0.1, 0.15) is 90.9 Å². The Bertz CT molecular complexity index is 1380. The number of allylic oxidation sites excluding steroid dienone is 2. The molecule has 1 fully saturated rings. The highest BCUT2D eigenvalue weighted by atomic mass is 32.2. The van der Waals surface area contributed by atoms with E-state index in [4.69, 9.17) is 0 Å². The third-order valence-electron chi connectivity index (χ3n) is 9.30. The molecule has 4 nitrogen and oxygen atoms in total. The second kappa shape index (κ2) is 9.92. The molecule has 0 N–H and O–H groups in total. The molecule has 1 aromatic carbocycles. The van der Waals surface area contributed by atoms with E-state index in [2.05, 4.69) is 24.1 Å². The predicted octanol–water partition coefficient (Wildman–Crippen LogP) is 7.05. The van der Waals surface area contributed by atoms with Gasteiger partial charge in [-0.15, -0.1) is 0 Å². The maximum absolute atomic E-state index is 13.3. The van der Waals surface area contributed by atoms with Crippen LogP contribution in [0.3, 0.4) is 0 Å². The van der Waals surface area contributed by atoms with Gasteiger partial charge in [0.05, 0.1) is 11.3 Å². The number of pyridine rings is 1. The molecule has 3 aliphatic carbocycles. The molecule has 0 radical (unpaired) electrons. The molecular weight excluding hydrogens is 511 g/mol. The van der Waals surface area contributed by atoms with Crippen LogP contribution >= 0.6 is 0 Å². The third-order valence-corrected chi connectivity index (χ3v) is 11.1. The molecule has 0 spiro atoms. The van der Waals surface area contributed by atoms with Gasteiger partial charge in [-0.05, 0) is 96.1 Å². The van der Waals surface area contributed by atoms with Crippen LogP contribution in [-0.2, 0) is 22.4 Å².